The van der Waals surface area contributed by atoms with Gasteiger partial charge >= 0.3 is 0 Å². The lowest BCUT2D eigenvalue weighted by Gasteiger charge is -2.09. The van der Waals surface area contributed by atoms with E-state index in [9.17, 15) is 14.7 Å². The van der Waals surface area contributed by atoms with E-state index < -0.39 is 5.78 Å². The van der Waals surface area contributed by atoms with Gasteiger partial charge in [0, 0.05) is 23.6 Å². The van der Waals surface area contributed by atoms with E-state index in [4.69, 9.17) is 4.74 Å². The number of hydrogen-bond acceptors (Lipinski definition) is 5. The van der Waals surface area contributed by atoms with Crippen molar-refractivity contribution < 1.29 is 19.4 Å². The van der Waals surface area contributed by atoms with Crippen LogP contribution >= 0.6 is 0 Å². The van der Waals surface area contributed by atoms with Gasteiger partial charge in [0.1, 0.15) is 17.3 Å². The van der Waals surface area contributed by atoms with Gasteiger partial charge in [-0.25, -0.2) is 4.98 Å². The van der Waals surface area contributed by atoms with Crippen LogP contribution in [0.2, 0.25) is 0 Å². The van der Waals surface area contributed by atoms with E-state index in [0.717, 1.165) is 19.3 Å². The highest BCUT2D eigenvalue weighted by molar-refractivity contribution is 6.10. The molecular formula is C29H27N3O4. The van der Waals surface area contributed by atoms with E-state index in [-0.39, 0.29) is 17.2 Å². The van der Waals surface area contributed by atoms with Crippen molar-refractivity contribution in [2.24, 2.45) is 0 Å². The van der Waals surface area contributed by atoms with Crippen LogP contribution in [0.4, 0.5) is 5.69 Å². The summed E-state index contributed by atoms with van der Waals surface area (Å²) in [6, 6.07) is 21.6. The zero-order chi connectivity index (χ0) is 25.2. The largest absolute Gasteiger partial charge is 0.507 e. The SMILES string of the molecule is O=C(Nc1ccc(O)c(C(=O)/C=C/c2ncc[nH]2)c1)c1ccc(OCCCCc2ccccc2)cc1. The molecule has 3 N–H and O–H groups in total. The number of unbranched alkanes of at least 4 members (excludes halogenated alkanes) is 1. The molecule has 0 unspecified atom stereocenters. The Bertz CT molecular complexity index is 1310. The second-order valence-corrected chi connectivity index (χ2v) is 8.17. The summed E-state index contributed by atoms with van der Waals surface area (Å²) in [5, 5.41) is 12.9. The first kappa shape index (κ1) is 24.5. The number of hydrogen-bond donors (Lipinski definition) is 3. The first-order valence-corrected chi connectivity index (χ1v) is 11.7. The molecule has 7 nitrogen and oxygen atoms in total. The van der Waals surface area contributed by atoms with E-state index in [0.29, 0.717) is 29.4 Å². The molecule has 3 aromatic carbocycles. The van der Waals surface area contributed by atoms with Crippen LogP contribution < -0.4 is 10.1 Å². The van der Waals surface area contributed by atoms with Gasteiger partial charge < -0.3 is 20.1 Å². The fraction of sp³-hybridized carbons (Fsp3) is 0.138. The molecule has 0 saturated carbocycles. The molecule has 7 heteroatoms. The molecular weight excluding hydrogens is 454 g/mol. The molecule has 0 aliphatic heterocycles. The van der Waals surface area contributed by atoms with Gasteiger partial charge in [-0.3, -0.25) is 9.59 Å². The number of aromatic nitrogens is 2. The third kappa shape index (κ3) is 6.93. The van der Waals surface area contributed by atoms with Crippen molar-refractivity contribution in [1.82, 2.24) is 9.97 Å². The van der Waals surface area contributed by atoms with Crippen molar-refractivity contribution in [2.45, 2.75) is 19.3 Å². The van der Waals surface area contributed by atoms with Gasteiger partial charge in [0.25, 0.3) is 5.91 Å². The third-order valence-corrected chi connectivity index (χ3v) is 5.52. The van der Waals surface area contributed by atoms with Gasteiger partial charge in [-0.2, -0.15) is 0 Å². The maximum Gasteiger partial charge on any atom is 0.255 e. The number of carbonyl (C=O) groups excluding carboxylic acids is 2. The summed E-state index contributed by atoms with van der Waals surface area (Å²) >= 11 is 0. The minimum Gasteiger partial charge on any atom is -0.507 e. The molecule has 1 heterocycles. The Morgan fingerprint density at radius 3 is 2.56 bits per heavy atom. The molecule has 0 bridgehead atoms. The average Bonchev–Trinajstić information content (AvgIpc) is 3.43. The maximum atomic E-state index is 12.7. The molecule has 0 radical (unpaired) electrons. The lowest BCUT2D eigenvalue weighted by Crippen LogP contribution is -2.12. The molecule has 1 aromatic heterocycles. The van der Waals surface area contributed by atoms with Crippen LogP contribution in [-0.4, -0.2) is 33.4 Å². The summed E-state index contributed by atoms with van der Waals surface area (Å²) < 4.78 is 5.79. The smallest absolute Gasteiger partial charge is 0.255 e. The number of nitrogens with zero attached hydrogens (tertiary/aromatic N) is 1. The van der Waals surface area contributed by atoms with Crippen LogP contribution in [0.15, 0.2) is 91.3 Å². The molecule has 36 heavy (non-hydrogen) atoms. The van der Waals surface area contributed by atoms with Crippen molar-refractivity contribution in [2.75, 3.05) is 11.9 Å². The Labute approximate surface area is 209 Å². The van der Waals surface area contributed by atoms with Gasteiger partial charge in [0.15, 0.2) is 5.78 Å². The van der Waals surface area contributed by atoms with Crippen LogP contribution in [0.1, 0.15) is 44.9 Å². The number of ketones is 1. The summed E-state index contributed by atoms with van der Waals surface area (Å²) in [5.74, 6) is 0.302. The quantitative estimate of drug-likeness (QED) is 0.111. The molecule has 0 fully saturated rings. The van der Waals surface area contributed by atoms with Crippen molar-refractivity contribution in [3.05, 3.63) is 114 Å². The van der Waals surface area contributed by atoms with Crippen molar-refractivity contribution >= 4 is 23.5 Å². The molecule has 0 spiro atoms. The normalized spacial score (nSPS) is 10.9. The van der Waals surface area contributed by atoms with Crippen LogP contribution in [-0.2, 0) is 6.42 Å². The maximum absolute atomic E-state index is 12.7. The molecule has 0 aliphatic rings. The van der Waals surface area contributed by atoms with Gasteiger partial charge in [0.2, 0.25) is 0 Å². The van der Waals surface area contributed by atoms with Crippen LogP contribution in [0, 0.1) is 0 Å². The summed E-state index contributed by atoms with van der Waals surface area (Å²) in [5.41, 5.74) is 2.24. The van der Waals surface area contributed by atoms with Gasteiger partial charge in [-0.05, 0) is 79.4 Å². The lowest BCUT2D eigenvalue weighted by molar-refractivity contribution is 0.102. The topological polar surface area (TPSA) is 104 Å². The average molecular weight is 482 g/mol. The number of carbonyl (C=O) groups is 2. The fourth-order valence-electron chi connectivity index (χ4n) is 3.60. The zero-order valence-corrected chi connectivity index (χ0v) is 19.7. The Kier molecular flexibility index (Phi) is 8.27. The minimum atomic E-state index is -0.412. The number of H-pyrrole nitrogens is 1. The van der Waals surface area contributed by atoms with E-state index >= 15 is 0 Å². The molecule has 0 saturated heterocycles. The van der Waals surface area contributed by atoms with Gasteiger partial charge in [-0.1, -0.05) is 30.3 Å². The van der Waals surface area contributed by atoms with Crippen molar-refractivity contribution in [3.8, 4) is 11.5 Å². The number of aromatic amines is 1. The number of imidazole rings is 1. The number of benzene rings is 3. The summed E-state index contributed by atoms with van der Waals surface area (Å²) in [6.45, 7) is 0.608. The van der Waals surface area contributed by atoms with E-state index in [1.54, 1.807) is 36.7 Å². The molecule has 0 aliphatic carbocycles. The zero-order valence-electron chi connectivity index (χ0n) is 19.7. The van der Waals surface area contributed by atoms with Crippen LogP contribution in [0.25, 0.3) is 6.08 Å². The predicted octanol–water partition coefficient (Wildman–Crippen LogP) is 5.67. The highest BCUT2D eigenvalue weighted by Crippen LogP contribution is 2.23. The van der Waals surface area contributed by atoms with Crippen molar-refractivity contribution in [1.29, 1.82) is 0 Å². The van der Waals surface area contributed by atoms with E-state index in [2.05, 4.69) is 27.4 Å². The minimum absolute atomic E-state index is 0.0756. The van der Waals surface area contributed by atoms with E-state index in [1.165, 1.54) is 35.9 Å². The summed E-state index contributed by atoms with van der Waals surface area (Å²) in [7, 11) is 0. The Hall–Kier alpha value is -4.65. The summed E-state index contributed by atoms with van der Waals surface area (Å²) in [4.78, 5) is 32.0. The fourth-order valence-corrected chi connectivity index (χ4v) is 3.60. The lowest BCUT2D eigenvalue weighted by atomic mass is 10.1. The number of rotatable bonds is 11. The Balaban J connectivity index is 1.28. The van der Waals surface area contributed by atoms with Gasteiger partial charge in [-0.15, -0.1) is 0 Å². The number of ether oxygens (including phenoxy) is 1. The number of phenolic OH excluding ortho intramolecular Hbond substituents is 1. The molecule has 1 amide bonds. The second kappa shape index (κ2) is 12.2. The number of nitrogens with one attached hydrogen (secondary N) is 2. The third-order valence-electron chi connectivity index (χ3n) is 5.52. The number of allylic oxidation sites excluding steroid dienone is 1. The molecule has 182 valence electrons. The first-order chi connectivity index (χ1) is 17.6. The first-order valence-electron chi connectivity index (χ1n) is 11.7. The Morgan fingerprint density at radius 1 is 1.00 bits per heavy atom. The monoisotopic (exact) mass is 481 g/mol. The number of aryl methyl sites for hydroxylation is 1. The number of amides is 1. The summed E-state index contributed by atoms with van der Waals surface area (Å²) in [6.07, 6.45) is 9.04. The highest BCUT2D eigenvalue weighted by atomic mass is 16.5. The number of anilines is 1. The van der Waals surface area contributed by atoms with E-state index in [1.807, 2.05) is 18.2 Å². The number of aromatic hydroxyl groups is 1. The van der Waals surface area contributed by atoms with Crippen LogP contribution in [0.5, 0.6) is 11.5 Å². The van der Waals surface area contributed by atoms with Gasteiger partial charge in [0.05, 0.1) is 12.2 Å². The molecule has 0 atom stereocenters. The number of phenols is 1. The molecule has 4 rings (SSSR count). The second-order valence-electron chi connectivity index (χ2n) is 8.17. The predicted molar refractivity (Wildman–Crippen MR) is 139 cm³/mol. The highest BCUT2D eigenvalue weighted by Gasteiger charge is 2.12. The van der Waals surface area contributed by atoms with Crippen molar-refractivity contribution in [3.63, 3.8) is 0 Å². The van der Waals surface area contributed by atoms with Crippen LogP contribution in [0.3, 0.4) is 0 Å². The Morgan fingerprint density at radius 2 is 1.81 bits per heavy atom. The standard InChI is InChI=1S/C29H27N3O4/c33-26-14-11-23(20-25(26)27(34)15-16-28-30-17-18-31-28)32-29(35)22-9-12-24(13-10-22)36-19-5-4-8-21-6-2-1-3-7-21/h1-3,6-7,9-18,20,33H,4-5,8,19H2,(H,30,31)(H,32,35)/b16-15+. The molecule has 4 aromatic rings.